The van der Waals surface area contributed by atoms with E-state index in [2.05, 4.69) is 15.5 Å². The molecular formula is C13H24N4O. The summed E-state index contributed by atoms with van der Waals surface area (Å²) in [5.74, 6) is 0. The zero-order valence-electron chi connectivity index (χ0n) is 11.0. The highest BCUT2D eigenvalue weighted by Crippen LogP contribution is 2.22. The average molecular weight is 252 g/mol. The lowest BCUT2D eigenvalue weighted by Gasteiger charge is -2.41. The van der Waals surface area contributed by atoms with E-state index >= 15 is 0 Å². The van der Waals surface area contributed by atoms with Crippen LogP contribution in [0.15, 0.2) is 0 Å². The quantitative estimate of drug-likeness (QED) is 0.739. The van der Waals surface area contributed by atoms with Crippen molar-refractivity contribution in [2.75, 3.05) is 39.3 Å². The lowest BCUT2D eigenvalue weighted by atomic mass is 9.98. The Bertz CT molecular complexity index is 295. The van der Waals surface area contributed by atoms with Gasteiger partial charge in [-0.15, -0.1) is 0 Å². The molecule has 3 saturated heterocycles. The summed E-state index contributed by atoms with van der Waals surface area (Å²) in [6.07, 6.45) is 4.87. The van der Waals surface area contributed by atoms with Gasteiger partial charge < -0.3 is 20.4 Å². The second-order valence-corrected chi connectivity index (χ2v) is 5.67. The number of urea groups is 1. The molecular weight excluding hydrogens is 228 g/mol. The fraction of sp³-hybridized carbons (Fsp3) is 0.923. The molecule has 18 heavy (non-hydrogen) atoms. The minimum absolute atomic E-state index is 0.148. The average Bonchev–Trinajstić information content (AvgIpc) is 2.86. The van der Waals surface area contributed by atoms with Gasteiger partial charge in [0.05, 0.1) is 0 Å². The van der Waals surface area contributed by atoms with Crippen molar-refractivity contribution < 1.29 is 4.79 Å². The van der Waals surface area contributed by atoms with E-state index < -0.39 is 0 Å². The highest BCUT2D eigenvalue weighted by molar-refractivity contribution is 5.76. The third-order valence-electron chi connectivity index (χ3n) is 4.65. The van der Waals surface area contributed by atoms with Gasteiger partial charge in [0, 0.05) is 38.3 Å². The fourth-order valence-electron chi connectivity index (χ4n) is 3.57. The molecule has 0 unspecified atom stereocenters. The Labute approximate surface area is 109 Å². The Morgan fingerprint density at radius 1 is 0.889 bits per heavy atom. The molecule has 3 aliphatic heterocycles. The Morgan fingerprint density at radius 3 is 2.22 bits per heavy atom. The summed E-state index contributed by atoms with van der Waals surface area (Å²) in [5.41, 5.74) is 0. The normalized spacial score (nSPS) is 28.7. The molecule has 0 aliphatic carbocycles. The van der Waals surface area contributed by atoms with Crippen LogP contribution in [-0.4, -0.2) is 67.2 Å². The van der Waals surface area contributed by atoms with Crippen LogP contribution >= 0.6 is 0 Å². The second-order valence-electron chi connectivity index (χ2n) is 5.67. The zero-order chi connectivity index (χ0) is 12.4. The van der Waals surface area contributed by atoms with Crippen LogP contribution in [0.3, 0.4) is 0 Å². The number of amides is 2. The number of hydrogen-bond donors (Lipinski definition) is 2. The van der Waals surface area contributed by atoms with Crippen LogP contribution in [0, 0.1) is 0 Å². The van der Waals surface area contributed by atoms with E-state index in [1.807, 2.05) is 4.90 Å². The smallest absolute Gasteiger partial charge is 0.317 e. The van der Waals surface area contributed by atoms with E-state index in [4.69, 9.17) is 0 Å². The number of likely N-dealkylation sites (tertiary alicyclic amines) is 1. The van der Waals surface area contributed by atoms with Crippen molar-refractivity contribution in [3.05, 3.63) is 0 Å². The summed E-state index contributed by atoms with van der Waals surface area (Å²) < 4.78 is 0. The molecule has 0 bridgehead atoms. The van der Waals surface area contributed by atoms with E-state index in [1.165, 1.54) is 39.0 Å². The van der Waals surface area contributed by atoms with Gasteiger partial charge in [-0.25, -0.2) is 4.79 Å². The maximum Gasteiger partial charge on any atom is 0.317 e. The standard InChI is InChI=1S/C13H24N4O/c18-13-15-7-10-17(13)12-3-8-16(9-4-12)11-1-5-14-6-2-11/h11-12,14H,1-10H2,(H,15,18). The van der Waals surface area contributed by atoms with Crippen molar-refractivity contribution in [3.63, 3.8) is 0 Å². The van der Waals surface area contributed by atoms with Crippen LogP contribution < -0.4 is 10.6 Å². The van der Waals surface area contributed by atoms with Gasteiger partial charge in [0.25, 0.3) is 0 Å². The molecule has 0 saturated carbocycles. The van der Waals surface area contributed by atoms with E-state index in [-0.39, 0.29) is 6.03 Å². The molecule has 5 heteroatoms. The van der Waals surface area contributed by atoms with E-state index in [9.17, 15) is 4.79 Å². The molecule has 0 radical (unpaired) electrons. The predicted octanol–water partition coefficient (Wildman–Crippen LogP) is 0.228. The van der Waals surface area contributed by atoms with E-state index in [1.54, 1.807) is 0 Å². The number of hydrogen-bond acceptors (Lipinski definition) is 3. The van der Waals surface area contributed by atoms with Gasteiger partial charge >= 0.3 is 6.03 Å². The van der Waals surface area contributed by atoms with Gasteiger partial charge in [0.15, 0.2) is 0 Å². The van der Waals surface area contributed by atoms with Gasteiger partial charge in [-0.1, -0.05) is 0 Å². The molecule has 102 valence electrons. The third kappa shape index (κ3) is 2.47. The molecule has 3 heterocycles. The Hall–Kier alpha value is -0.810. The number of nitrogens with one attached hydrogen (secondary N) is 2. The fourth-order valence-corrected chi connectivity index (χ4v) is 3.57. The van der Waals surface area contributed by atoms with Crippen LogP contribution in [-0.2, 0) is 0 Å². The van der Waals surface area contributed by atoms with E-state index in [0.29, 0.717) is 6.04 Å². The molecule has 0 atom stereocenters. The minimum Gasteiger partial charge on any atom is -0.336 e. The van der Waals surface area contributed by atoms with Crippen molar-refractivity contribution >= 4 is 6.03 Å². The lowest BCUT2D eigenvalue weighted by molar-refractivity contribution is 0.0921. The maximum absolute atomic E-state index is 11.6. The molecule has 0 aromatic carbocycles. The maximum atomic E-state index is 11.6. The summed E-state index contributed by atoms with van der Waals surface area (Å²) in [7, 11) is 0. The van der Waals surface area contributed by atoms with Crippen molar-refractivity contribution in [2.24, 2.45) is 0 Å². The number of carbonyl (C=O) groups excluding carboxylic acids is 1. The highest BCUT2D eigenvalue weighted by atomic mass is 16.2. The molecule has 3 rings (SSSR count). The topological polar surface area (TPSA) is 47.6 Å². The first-order valence-corrected chi connectivity index (χ1v) is 7.34. The van der Waals surface area contributed by atoms with Gasteiger partial charge in [0.1, 0.15) is 0 Å². The first-order valence-electron chi connectivity index (χ1n) is 7.34. The van der Waals surface area contributed by atoms with Crippen molar-refractivity contribution in [3.8, 4) is 0 Å². The number of carbonyl (C=O) groups is 1. The Morgan fingerprint density at radius 2 is 1.61 bits per heavy atom. The molecule has 0 aromatic heterocycles. The van der Waals surface area contributed by atoms with Crippen molar-refractivity contribution in [1.29, 1.82) is 0 Å². The second kappa shape index (κ2) is 5.45. The summed E-state index contributed by atoms with van der Waals surface area (Å²) in [6, 6.07) is 1.40. The lowest BCUT2D eigenvalue weighted by Crippen LogP contribution is -2.51. The van der Waals surface area contributed by atoms with Gasteiger partial charge in [-0.3, -0.25) is 0 Å². The summed E-state index contributed by atoms with van der Waals surface area (Å²) >= 11 is 0. The van der Waals surface area contributed by atoms with Crippen LogP contribution in [0.1, 0.15) is 25.7 Å². The predicted molar refractivity (Wildman–Crippen MR) is 70.6 cm³/mol. The van der Waals surface area contributed by atoms with Crippen LogP contribution in [0.5, 0.6) is 0 Å². The van der Waals surface area contributed by atoms with Crippen molar-refractivity contribution in [1.82, 2.24) is 20.4 Å². The molecule has 0 spiro atoms. The number of rotatable bonds is 2. The summed E-state index contributed by atoms with van der Waals surface area (Å²) in [5, 5.41) is 6.33. The third-order valence-corrected chi connectivity index (χ3v) is 4.65. The van der Waals surface area contributed by atoms with Gasteiger partial charge in [-0.05, 0) is 38.8 Å². The summed E-state index contributed by atoms with van der Waals surface area (Å²) in [4.78, 5) is 16.3. The first-order chi connectivity index (χ1) is 8.84. The SMILES string of the molecule is O=C1NCCN1C1CCN(C2CCNCC2)CC1. The molecule has 0 aromatic rings. The van der Waals surface area contributed by atoms with Crippen LogP contribution in [0.25, 0.3) is 0 Å². The number of nitrogens with zero attached hydrogens (tertiary/aromatic N) is 2. The first kappa shape index (κ1) is 12.2. The Kier molecular flexibility index (Phi) is 3.70. The highest BCUT2D eigenvalue weighted by Gasteiger charge is 2.32. The molecule has 5 nitrogen and oxygen atoms in total. The largest absolute Gasteiger partial charge is 0.336 e. The van der Waals surface area contributed by atoms with Crippen LogP contribution in [0.4, 0.5) is 4.79 Å². The molecule has 2 N–H and O–H groups in total. The molecule has 3 fully saturated rings. The Balaban J connectivity index is 1.49. The minimum atomic E-state index is 0.148. The van der Waals surface area contributed by atoms with Gasteiger partial charge in [0.2, 0.25) is 0 Å². The van der Waals surface area contributed by atoms with E-state index in [0.717, 1.165) is 32.0 Å². The zero-order valence-corrected chi connectivity index (χ0v) is 11.0. The summed E-state index contributed by atoms with van der Waals surface area (Å²) in [6.45, 7) is 6.39. The molecule has 3 aliphatic rings. The number of piperidine rings is 2. The monoisotopic (exact) mass is 252 g/mol. The molecule has 2 amide bonds. The van der Waals surface area contributed by atoms with Gasteiger partial charge in [-0.2, -0.15) is 0 Å². The van der Waals surface area contributed by atoms with Crippen molar-refractivity contribution in [2.45, 2.75) is 37.8 Å². The van der Waals surface area contributed by atoms with Crippen LogP contribution in [0.2, 0.25) is 0 Å².